The average molecular weight is 429 g/mol. The first kappa shape index (κ1) is 14.7. The molecule has 3 rings (SSSR count). The van der Waals surface area contributed by atoms with E-state index in [1.165, 1.54) is 4.88 Å². The van der Waals surface area contributed by atoms with E-state index in [1.807, 2.05) is 18.2 Å². The Balaban J connectivity index is 2.08. The van der Waals surface area contributed by atoms with Gasteiger partial charge in [0.25, 0.3) is 0 Å². The number of hydrogen-bond donors (Lipinski definition) is 1. The van der Waals surface area contributed by atoms with Gasteiger partial charge in [-0.3, -0.25) is 0 Å². The van der Waals surface area contributed by atoms with Crippen LogP contribution in [0, 0.1) is 0 Å². The first-order valence-electron chi connectivity index (χ1n) is 6.25. The molecular formula is C14H11Br2N3OS. The molecule has 0 aliphatic rings. The Morgan fingerprint density at radius 2 is 2.05 bits per heavy atom. The summed E-state index contributed by atoms with van der Waals surface area (Å²) < 4.78 is 7.74. The fourth-order valence-corrected chi connectivity index (χ4v) is 3.97. The molecule has 0 fully saturated rings. The maximum atomic E-state index is 5.92. The Hall–Kier alpha value is -1.18. The van der Waals surface area contributed by atoms with Crippen molar-refractivity contribution in [3.63, 3.8) is 0 Å². The topological polar surface area (TPSA) is 61.0 Å². The summed E-state index contributed by atoms with van der Waals surface area (Å²) in [4.78, 5) is 10.6. The molecule has 21 heavy (non-hydrogen) atoms. The van der Waals surface area contributed by atoms with Gasteiger partial charge in [-0.2, -0.15) is 4.98 Å². The van der Waals surface area contributed by atoms with Crippen molar-refractivity contribution in [1.82, 2.24) is 9.97 Å². The minimum atomic E-state index is 0.218. The third-order valence-electron chi connectivity index (χ3n) is 2.88. The van der Waals surface area contributed by atoms with Gasteiger partial charge in [0.2, 0.25) is 11.8 Å². The van der Waals surface area contributed by atoms with Crippen molar-refractivity contribution >= 4 is 59.4 Å². The van der Waals surface area contributed by atoms with Gasteiger partial charge in [0.05, 0.1) is 9.86 Å². The number of ether oxygens (including phenoxy) is 1. The zero-order valence-corrected chi connectivity index (χ0v) is 15.0. The van der Waals surface area contributed by atoms with E-state index in [0.29, 0.717) is 11.6 Å². The van der Waals surface area contributed by atoms with Gasteiger partial charge < -0.3 is 10.5 Å². The Morgan fingerprint density at radius 1 is 1.24 bits per heavy atom. The highest BCUT2D eigenvalue weighted by Crippen LogP contribution is 2.36. The van der Waals surface area contributed by atoms with Crippen molar-refractivity contribution < 1.29 is 4.74 Å². The number of nitrogens with zero attached hydrogens (tertiary/aromatic N) is 2. The molecule has 3 aromatic rings. The lowest BCUT2D eigenvalue weighted by atomic mass is 10.3. The number of rotatable bonds is 3. The minimum Gasteiger partial charge on any atom is -0.437 e. The summed E-state index contributed by atoms with van der Waals surface area (Å²) in [6.45, 7) is 2.10. The lowest BCUT2D eigenvalue weighted by molar-refractivity contribution is 0.466. The van der Waals surface area contributed by atoms with E-state index in [9.17, 15) is 0 Å². The van der Waals surface area contributed by atoms with Crippen LogP contribution in [0.3, 0.4) is 0 Å². The second-order valence-electron chi connectivity index (χ2n) is 4.35. The van der Waals surface area contributed by atoms with Crippen LogP contribution >= 0.6 is 43.2 Å². The minimum absolute atomic E-state index is 0.218. The Labute approximate surface area is 142 Å². The summed E-state index contributed by atoms with van der Waals surface area (Å²) in [5.41, 5.74) is 5.78. The predicted molar refractivity (Wildman–Crippen MR) is 93.1 cm³/mol. The molecule has 0 spiro atoms. The molecule has 108 valence electrons. The van der Waals surface area contributed by atoms with Crippen LogP contribution in [0.2, 0.25) is 0 Å². The van der Waals surface area contributed by atoms with E-state index in [1.54, 1.807) is 11.3 Å². The first-order chi connectivity index (χ1) is 10.1. The van der Waals surface area contributed by atoms with Crippen molar-refractivity contribution in [2.75, 3.05) is 5.73 Å². The lowest BCUT2D eigenvalue weighted by Gasteiger charge is -2.08. The van der Waals surface area contributed by atoms with Crippen molar-refractivity contribution in [2.24, 2.45) is 0 Å². The summed E-state index contributed by atoms with van der Waals surface area (Å²) in [6, 6.07) is 7.75. The molecule has 0 aliphatic carbocycles. The fourth-order valence-electron chi connectivity index (χ4n) is 1.88. The molecule has 2 N–H and O–H groups in total. The highest BCUT2D eigenvalue weighted by atomic mass is 79.9. The van der Waals surface area contributed by atoms with E-state index in [0.717, 1.165) is 25.6 Å². The lowest BCUT2D eigenvalue weighted by Crippen LogP contribution is -1.97. The maximum Gasteiger partial charge on any atom is 0.232 e. The number of hydrogen-bond acceptors (Lipinski definition) is 5. The molecule has 0 radical (unpaired) electrons. The Kier molecular flexibility index (Phi) is 4.14. The zero-order chi connectivity index (χ0) is 15.0. The van der Waals surface area contributed by atoms with Crippen molar-refractivity contribution in [3.05, 3.63) is 38.1 Å². The molecule has 0 saturated carbocycles. The molecule has 0 unspecified atom stereocenters. The summed E-state index contributed by atoms with van der Waals surface area (Å²) in [7, 11) is 0. The Bertz CT molecular complexity index is 819. The van der Waals surface area contributed by atoms with E-state index in [-0.39, 0.29) is 5.95 Å². The summed E-state index contributed by atoms with van der Waals surface area (Å²) in [6.07, 6.45) is 0.947. The number of thiophene rings is 1. The first-order valence-corrected chi connectivity index (χ1v) is 8.66. The molecular weight excluding hydrogens is 418 g/mol. The predicted octanol–water partition coefficient (Wildman–Crippen LogP) is 5.15. The molecule has 1 aromatic carbocycles. The molecule has 0 saturated heterocycles. The van der Waals surface area contributed by atoms with Gasteiger partial charge in [-0.25, -0.2) is 4.98 Å². The number of nitrogen functional groups attached to an aromatic ring is 1. The fraction of sp³-hybridized carbons (Fsp3) is 0.143. The molecule has 2 aromatic heterocycles. The van der Waals surface area contributed by atoms with Gasteiger partial charge in [-0.05, 0) is 46.6 Å². The summed E-state index contributed by atoms with van der Waals surface area (Å²) in [5.74, 6) is 1.38. The molecule has 0 amide bonds. The molecule has 0 bridgehead atoms. The highest BCUT2D eigenvalue weighted by molar-refractivity contribution is 9.11. The molecule has 2 heterocycles. The third-order valence-corrected chi connectivity index (χ3v) is 5.16. The summed E-state index contributed by atoms with van der Waals surface area (Å²) >= 11 is 8.51. The quantitative estimate of drug-likeness (QED) is 0.626. The monoisotopic (exact) mass is 427 g/mol. The van der Waals surface area contributed by atoms with Crippen LogP contribution in [0.1, 0.15) is 11.8 Å². The van der Waals surface area contributed by atoms with Crippen LogP contribution in [0.25, 0.3) is 10.2 Å². The van der Waals surface area contributed by atoms with E-state index in [2.05, 4.69) is 54.8 Å². The second-order valence-corrected chi connectivity index (χ2v) is 7.23. The van der Waals surface area contributed by atoms with Crippen molar-refractivity contribution in [3.8, 4) is 11.6 Å². The van der Waals surface area contributed by atoms with Gasteiger partial charge >= 0.3 is 0 Å². The number of nitrogens with two attached hydrogens (primary N) is 1. The van der Waals surface area contributed by atoms with E-state index < -0.39 is 0 Å². The summed E-state index contributed by atoms with van der Waals surface area (Å²) in [5, 5.41) is 0.890. The smallest absolute Gasteiger partial charge is 0.232 e. The third kappa shape index (κ3) is 3.04. The van der Waals surface area contributed by atoms with Crippen molar-refractivity contribution in [1.29, 1.82) is 0 Å². The molecule has 0 atom stereocenters. The van der Waals surface area contributed by atoms with Gasteiger partial charge in [-0.1, -0.05) is 22.9 Å². The van der Waals surface area contributed by atoms with Gasteiger partial charge in [0.1, 0.15) is 10.6 Å². The second kappa shape index (κ2) is 5.90. The number of anilines is 1. The highest BCUT2D eigenvalue weighted by Gasteiger charge is 2.13. The van der Waals surface area contributed by atoms with Crippen LogP contribution in [0.5, 0.6) is 11.6 Å². The number of fused-ring (bicyclic) bond motifs is 1. The zero-order valence-electron chi connectivity index (χ0n) is 11.1. The normalized spacial score (nSPS) is 11.0. The molecule has 4 nitrogen and oxygen atoms in total. The van der Waals surface area contributed by atoms with Gasteiger partial charge in [0.15, 0.2) is 0 Å². The standard InChI is InChI=1S/C14H11Br2N3OS/c1-2-8-6-9-12(18-14(17)19-13(9)21-8)20-11-4-3-7(15)5-10(11)16/h3-6H,2H2,1H3,(H2,17,18,19). The number of benzene rings is 1. The largest absolute Gasteiger partial charge is 0.437 e. The molecule has 0 aliphatic heterocycles. The molecule has 7 heteroatoms. The number of aryl methyl sites for hydroxylation is 1. The van der Waals surface area contributed by atoms with Crippen LogP contribution in [-0.2, 0) is 6.42 Å². The van der Waals surface area contributed by atoms with Gasteiger partial charge in [0, 0.05) is 9.35 Å². The van der Waals surface area contributed by atoms with Gasteiger partial charge in [-0.15, -0.1) is 11.3 Å². The average Bonchev–Trinajstić information content (AvgIpc) is 2.85. The van der Waals surface area contributed by atoms with E-state index >= 15 is 0 Å². The number of halogens is 2. The van der Waals surface area contributed by atoms with E-state index in [4.69, 9.17) is 10.5 Å². The van der Waals surface area contributed by atoms with Crippen LogP contribution < -0.4 is 10.5 Å². The number of aromatic nitrogens is 2. The van der Waals surface area contributed by atoms with Crippen LogP contribution in [0.4, 0.5) is 5.95 Å². The van der Waals surface area contributed by atoms with Crippen molar-refractivity contribution in [2.45, 2.75) is 13.3 Å². The maximum absolute atomic E-state index is 5.92. The van der Waals surface area contributed by atoms with Crippen LogP contribution in [-0.4, -0.2) is 9.97 Å². The SMILES string of the molecule is CCc1cc2c(Oc3ccc(Br)cc3Br)nc(N)nc2s1. The van der Waals surface area contributed by atoms with Crippen LogP contribution in [0.15, 0.2) is 33.2 Å². The Morgan fingerprint density at radius 3 is 2.76 bits per heavy atom.